The van der Waals surface area contributed by atoms with Crippen molar-refractivity contribution in [3.05, 3.63) is 71.3 Å². The van der Waals surface area contributed by atoms with E-state index in [9.17, 15) is 0 Å². The lowest BCUT2D eigenvalue weighted by molar-refractivity contribution is 0.174. The summed E-state index contributed by atoms with van der Waals surface area (Å²) < 4.78 is 13.5. The van der Waals surface area contributed by atoms with Crippen LogP contribution in [0.4, 0.5) is 5.69 Å². The quantitative estimate of drug-likeness (QED) is 0.584. The summed E-state index contributed by atoms with van der Waals surface area (Å²) >= 11 is 5.85. The van der Waals surface area contributed by atoms with Crippen LogP contribution in [0.2, 0.25) is 0 Å². The SMILES string of the molecule is Cc1cc([C@@H]2[C@@H](c3ccccn3)NC(=S)N2c2ccc3c(c2)OCO3)c(C)n1C(C)C. The molecular formula is C24H26N4O2S. The van der Waals surface area contributed by atoms with Gasteiger partial charge in [-0.05, 0) is 75.8 Å². The molecule has 0 saturated carbocycles. The van der Waals surface area contributed by atoms with Gasteiger partial charge in [0, 0.05) is 35.4 Å². The van der Waals surface area contributed by atoms with E-state index in [-0.39, 0.29) is 18.9 Å². The van der Waals surface area contributed by atoms with Crippen LogP contribution in [0.1, 0.15) is 54.6 Å². The average molecular weight is 435 g/mol. The average Bonchev–Trinajstić information content (AvgIpc) is 3.43. The van der Waals surface area contributed by atoms with Crippen LogP contribution >= 0.6 is 12.2 Å². The molecule has 6 nitrogen and oxygen atoms in total. The number of hydrogen-bond acceptors (Lipinski definition) is 4. The standard InChI is InChI=1S/C24H26N4O2S/c1-14(2)27-15(3)11-18(16(27)4)23-22(19-7-5-6-10-25-19)26-24(31)28(23)17-8-9-20-21(12-17)30-13-29-20/h5-12,14,22-23H,13H2,1-4H3,(H,26,31)/t22-,23-/m1/s1. The molecule has 2 aliphatic heterocycles. The number of benzene rings is 1. The monoisotopic (exact) mass is 434 g/mol. The summed E-state index contributed by atoms with van der Waals surface area (Å²) in [5.74, 6) is 1.51. The van der Waals surface area contributed by atoms with Gasteiger partial charge in [-0.3, -0.25) is 4.98 Å². The Morgan fingerprint density at radius 1 is 1.10 bits per heavy atom. The second kappa shape index (κ2) is 7.57. The van der Waals surface area contributed by atoms with Crippen molar-refractivity contribution in [3.63, 3.8) is 0 Å². The summed E-state index contributed by atoms with van der Waals surface area (Å²) in [6.45, 7) is 9.03. The highest BCUT2D eigenvalue weighted by molar-refractivity contribution is 7.80. The molecule has 2 aliphatic rings. The number of anilines is 1. The van der Waals surface area contributed by atoms with E-state index in [0.717, 1.165) is 22.9 Å². The first-order chi connectivity index (χ1) is 15.0. The van der Waals surface area contributed by atoms with Crippen LogP contribution in [0.5, 0.6) is 11.5 Å². The van der Waals surface area contributed by atoms with Gasteiger partial charge in [0.2, 0.25) is 6.79 Å². The van der Waals surface area contributed by atoms with Gasteiger partial charge >= 0.3 is 0 Å². The molecule has 7 heteroatoms. The fraction of sp³-hybridized carbons (Fsp3) is 0.333. The minimum absolute atomic E-state index is 0.0403. The maximum absolute atomic E-state index is 5.85. The van der Waals surface area contributed by atoms with Crippen LogP contribution < -0.4 is 19.7 Å². The van der Waals surface area contributed by atoms with Crippen LogP contribution in [0.15, 0.2) is 48.7 Å². The number of fused-ring (bicyclic) bond motifs is 1. The predicted molar refractivity (Wildman–Crippen MR) is 125 cm³/mol. The van der Waals surface area contributed by atoms with Gasteiger partial charge in [0.1, 0.15) is 0 Å². The molecule has 1 N–H and O–H groups in total. The highest BCUT2D eigenvalue weighted by Gasteiger charge is 2.42. The van der Waals surface area contributed by atoms with Crippen molar-refractivity contribution >= 4 is 23.0 Å². The molecule has 1 fully saturated rings. The van der Waals surface area contributed by atoms with Gasteiger partial charge in [-0.1, -0.05) is 6.07 Å². The number of aromatic nitrogens is 2. The molecule has 0 amide bonds. The second-order valence-corrected chi connectivity index (χ2v) is 8.71. The number of hydrogen-bond donors (Lipinski definition) is 1. The smallest absolute Gasteiger partial charge is 0.231 e. The van der Waals surface area contributed by atoms with Gasteiger partial charge in [-0.25, -0.2) is 0 Å². The Bertz CT molecular complexity index is 1140. The molecule has 2 atom stereocenters. The largest absolute Gasteiger partial charge is 0.454 e. The lowest BCUT2D eigenvalue weighted by Crippen LogP contribution is -2.29. The van der Waals surface area contributed by atoms with Crippen molar-refractivity contribution < 1.29 is 9.47 Å². The van der Waals surface area contributed by atoms with E-state index in [1.54, 1.807) is 0 Å². The summed E-state index contributed by atoms with van der Waals surface area (Å²) in [7, 11) is 0. The minimum atomic E-state index is -0.0692. The van der Waals surface area contributed by atoms with E-state index in [1.807, 2.05) is 36.5 Å². The molecule has 5 rings (SSSR count). The number of thiocarbonyl (C=S) groups is 1. The van der Waals surface area contributed by atoms with Crippen molar-refractivity contribution in [1.82, 2.24) is 14.9 Å². The molecule has 1 saturated heterocycles. The fourth-order valence-corrected chi connectivity index (χ4v) is 5.23. The lowest BCUT2D eigenvalue weighted by Gasteiger charge is -2.28. The van der Waals surface area contributed by atoms with Gasteiger partial charge in [-0.15, -0.1) is 0 Å². The Kier molecular flexibility index (Phi) is 4.85. The third-order valence-electron chi connectivity index (χ3n) is 6.09. The van der Waals surface area contributed by atoms with Gasteiger partial charge in [-0.2, -0.15) is 0 Å². The predicted octanol–water partition coefficient (Wildman–Crippen LogP) is 4.99. The normalized spacial score (nSPS) is 19.9. The molecule has 31 heavy (non-hydrogen) atoms. The van der Waals surface area contributed by atoms with Crippen LogP contribution in [-0.2, 0) is 0 Å². The summed E-state index contributed by atoms with van der Waals surface area (Å²) in [5, 5.41) is 4.21. The van der Waals surface area contributed by atoms with Crippen molar-refractivity contribution in [2.24, 2.45) is 0 Å². The topological polar surface area (TPSA) is 51.6 Å². The van der Waals surface area contributed by atoms with E-state index < -0.39 is 0 Å². The number of pyridine rings is 1. The Morgan fingerprint density at radius 2 is 1.90 bits per heavy atom. The molecule has 0 aliphatic carbocycles. The number of nitrogens with zero attached hydrogens (tertiary/aromatic N) is 3. The number of rotatable bonds is 4. The highest BCUT2D eigenvalue weighted by Crippen LogP contribution is 2.45. The summed E-state index contributed by atoms with van der Waals surface area (Å²) in [4.78, 5) is 6.83. The van der Waals surface area contributed by atoms with E-state index >= 15 is 0 Å². The molecule has 0 bridgehead atoms. The van der Waals surface area contributed by atoms with E-state index in [4.69, 9.17) is 21.7 Å². The van der Waals surface area contributed by atoms with Crippen LogP contribution in [0.3, 0.4) is 0 Å². The molecule has 4 heterocycles. The molecule has 0 unspecified atom stereocenters. The van der Waals surface area contributed by atoms with Crippen molar-refractivity contribution in [3.8, 4) is 11.5 Å². The molecule has 0 spiro atoms. The first-order valence-electron chi connectivity index (χ1n) is 10.5. The minimum Gasteiger partial charge on any atom is -0.454 e. The summed E-state index contributed by atoms with van der Waals surface area (Å²) in [6, 6.07) is 14.6. The van der Waals surface area contributed by atoms with E-state index in [2.05, 4.69) is 59.6 Å². The molecule has 3 aromatic rings. The maximum atomic E-state index is 5.85. The van der Waals surface area contributed by atoms with Gasteiger partial charge in [0.25, 0.3) is 0 Å². The van der Waals surface area contributed by atoms with Crippen LogP contribution in [0.25, 0.3) is 0 Å². The van der Waals surface area contributed by atoms with Gasteiger partial charge in [0.05, 0.1) is 17.8 Å². The van der Waals surface area contributed by atoms with E-state index in [1.165, 1.54) is 17.0 Å². The Morgan fingerprint density at radius 3 is 2.61 bits per heavy atom. The summed E-state index contributed by atoms with van der Waals surface area (Å²) in [5.41, 5.74) is 5.67. The zero-order chi connectivity index (χ0) is 21.7. The van der Waals surface area contributed by atoms with E-state index in [0.29, 0.717) is 11.2 Å². The Balaban J connectivity index is 1.66. The molecule has 160 valence electrons. The molecular weight excluding hydrogens is 408 g/mol. The Labute approximate surface area is 187 Å². The van der Waals surface area contributed by atoms with Gasteiger partial charge < -0.3 is 24.3 Å². The molecule has 2 aromatic heterocycles. The van der Waals surface area contributed by atoms with Crippen LogP contribution in [0, 0.1) is 13.8 Å². The zero-order valence-electron chi connectivity index (χ0n) is 18.1. The second-order valence-electron chi connectivity index (χ2n) is 8.32. The zero-order valence-corrected chi connectivity index (χ0v) is 18.9. The first kappa shape index (κ1) is 19.9. The highest BCUT2D eigenvalue weighted by atomic mass is 32.1. The lowest BCUT2D eigenvalue weighted by atomic mass is 9.96. The fourth-order valence-electron chi connectivity index (χ4n) is 4.88. The number of aryl methyl sites for hydroxylation is 1. The third kappa shape index (κ3) is 3.24. The molecule has 1 aromatic carbocycles. The maximum Gasteiger partial charge on any atom is 0.231 e. The first-order valence-corrected chi connectivity index (χ1v) is 10.9. The number of ether oxygens (including phenoxy) is 2. The number of nitrogens with one attached hydrogen (secondary N) is 1. The van der Waals surface area contributed by atoms with Crippen molar-refractivity contribution in [2.75, 3.05) is 11.7 Å². The van der Waals surface area contributed by atoms with Crippen molar-refractivity contribution in [1.29, 1.82) is 0 Å². The Hall–Kier alpha value is -3.06. The van der Waals surface area contributed by atoms with Gasteiger partial charge in [0.15, 0.2) is 16.6 Å². The van der Waals surface area contributed by atoms with Crippen LogP contribution in [-0.4, -0.2) is 21.5 Å². The molecule has 0 radical (unpaired) electrons. The summed E-state index contributed by atoms with van der Waals surface area (Å²) in [6.07, 6.45) is 1.83. The third-order valence-corrected chi connectivity index (χ3v) is 6.41. The van der Waals surface area contributed by atoms with Crippen molar-refractivity contribution in [2.45, 2.75) is 45.8 Å².